The Morgan fingerprint density at radius 2 is 2.00 bits per heavy atom. The van der Waals surface area contributed by atoms with Crippen LogP contribution in [-0.2, 0) is 11.3 Å². The molecule has 0 bridgehead atoms. The number of methoxy groups -OCH3 is 1. The molecule has 10 heteroatoms. The van der Waals surface area contributed by atoms with Gasteiger partial charge in [-0.1, -0.05) is 49.3 Å². The van der Waals surface area contributed by atoms with Crippen LogP contribution in [0.15, 0.2) is 52.4 Å². The number of thioether (sulfide) groups is 1. The Kier molecular flexibility index (Phi) is 6.38. The molecule has 0 fully saturated rings. The molecule has 0 aliphatic heterocycles. The van der Waals surface area contributed by atoms with Crippen LogP contribution < -0.4 is 15.6 Å². The number of nitrogens with one attached hydrogen (secondary N) is 1. The number of ether oxygens (including phenoxy) is 1. The van der Waals surface area contributed by atoms with E-state index in [2.05, 4.69) is 15.5 Å². The smallest absolute Gasteiger partial charge is 0.262 e. The molecule has 2 aromatic heterocycles. The molecular formula is C22H22ClN5O3S. The predicted molar refractivity (Wildman–Crippen MR) is 127 cm³/mol. The molecule has 1 N–H and O–H groups in total. The van der Waals surface area contributed by atoms with Crippen LogP contribution in [0.2, 0.25) is 5.02 Å². The molecule has 2 heterocycles. The Morgan fingerprint density at radius 3 is 2.75 bits per heavy atom. The van der Waals surface area contributed by atoms with Gasteiger partial charge in [0, 0.05) is 11.6 Å². The first-order chi connectivity index (χ1) is 15.4. The van der Waals surface area contributed by atoms with Gasteiger partial charge in [-0.15, -0.1) is 10.2 Å². The molecular weight excluding hydrogens is 450 g/mol. The average Bonchev–Trinajstić information content (AvgIpc) is 3.19. The quantitative estimate of drug-likeness (QED) is 0.408. The number of aromatic nitrogens is 4. The Bertz CT molecular complexity index is 1370. The topological polar surface area (TPSA) is 90.5 Å². The van der Waals surface area contributed by atoms with Crippen LogP contribution >= 0.6 is 23.4 Å². The lowest BCUT2D eigenvalue weighted by Crippen LogP contribution is -2.25. The van der Waals surface area contributed by atoms with Crippen molar-refractivity contribution in [2.75, 3.05) is 18.2 Å². The molecule has 2 aromatic carbocycles. The van der Waals surface area contributed by atoms with Crippen LogP contribution in [0.1, 0.15) is 13.8 Å². The van der Waals surface area contributed by atoms with E-state index < -0.39 is 0 Å². The minimum Gasteiger partial charge on any atom is -0.495 e. The molecule has 0 saturated heterocycles. The van der Waals surface area contributed by atoms with E-state index in [0.717, 1.165) is 0 Å². The van der Waals surface area contributed by atoms with Crippen molar-refractivity contribution >= 4 is 51.6 Å². The zero-order valence-electron chi connectivity index (χ0n) is 17.8. The Balaban J connectivity index is 1.70. The molecule has 4 aromatic rings. The average molecular weight is 472 g/mol. The number of nitrogens with zero attached hydrogens (tertiary/aromatic N) is 4. The van der Waals surface area contributed by atoms with Crippen LogP contribution in [0.5, 0.6) is 5.75 Å². The summed E-state index contributed by atoms with van der Waals surface area (Å²) in [6.07, 6.45) is 0. The number of amides is 1. The molecule has 1 amide bonds. The van der Waals surface area contributed by atoms with Crippen LogP contribution in [-0.4, -0.2) is 37.9 Å². The number of hydrogen-bond acceptors (Lipinski definition) is 6. The molecule has 4 rings (SSSR count). The fraction of sp³-hybridized carbons (Fsp3) is 0.273. The van der Waals surface area contributed by atoms with Gasteiger partial charge in [0.1, 0.15) is 5.75 Å². The van der Waals surface area contributed by atoms with Crippen molar-refractivity contribution in [3.8, 4) is 5.75 Å². The SMILES string of the molecule is COc1ccccc1NC(=O)CSc1nnc2n(CC(C)C)c(=O)c3ccc(Cl)cc3n12. The number of fused-ring (bicyclic) bond motifs is 3. The first-order valence-electron chi connectivity index (χ1n) is 10.0. The summed E-state index contributed by atoms with van der Waals surface area (Å²) < 4.78 is 8.68. The minimum absolute atomic E-state index is 0.101. The van der Waals surface area contributed by atoms with E-state index in [1.54, 1.807) is 46.4 Å². The second-order valence-corrected chi connectivity index (χ2v) is 9.01. The van der Waals surface area contributed by atoms with Gasteiger partial charge in [0.2, 0.25) is 11.7 Å². The van der Waals surface area contributed by atoms with Gasteiger partial charge in [-0.2, -0.15) is 0 Å². The number of anilines is 1. The van der Waals surface area contributed by atoms with Gasteiger partial charge in [-0.05, 0) is 36.2 Å². The largest absolute Gasteiger partial charge is 0.495 e. The van der Waals surface area contributed by atoms with Gasteiger partial charge in [-0.3, -0.25) is 18.6 Å². The second-order valence-electron chi connectivity index (χ2n) is 7.63. The van der Waals surface area contributed by atoms with Crippen LogP contribution in [0.25, 0.3) is 16.7 Å². The van der Waals surface area contributed by atoms with Gasteiger partial charge in [0.15, 0.2) is 5.16 Å². The molecule has 166 valence electrons. The summed E-state index contributed by atoms with van der Waals surface area (Å²) >= 11 is 7.45. The minimum atomic E-state index is -0.214. The van der Waals surface area contributed by atoms with E-state index >= 15 is 0 Å². The number of halogens is 1. The summed E-state index contributed by atoms with van der Waals surface area (Å²) in [5.74, 6) is 1.13. The molecule has 0 unspecified atom stereocenters. The summed E-state index contributed by atoms with van der Waals surface area (Å²) in [5, 5.41) is 12.9. The lowest BCUT2D eigenvalue weighted by molar-refractivity contribution is -0.113. The van der Waals surface area contributed by atoms with Gasteiger partial charge < -0.3 is 10.1 Å². The second kappa shape index (κ2) is 9.22. The highest BCUT2D eigenvalue weighted by atomic mass is 35.5. The third-order valence-corrected chi connectivity index (χ3v) is 5.96. The van der Waals surface area contributed by atoms with Crippen LogP contribution in [0.3, 0.4) is 0 Å². The number of para-hydroxylation sites is 2. The molecule has 0 spiro atoms. The molecule has 0 radical (unpaired) electrons. The maximum absolute atomic E-state index is 13.1. The van der Waals surface area contributed by atoms with Crippen LogP contribution in [0, 0.1) is 5.92 Å². The van der Waals surface area contributed by atoms with Crippen LogP contribution in [0.4, 0.5) is 5.69 Å². The fourth-order valence-corrected chi connectivity index (χ4v) is 4.35. The molecule has 0 atom stereocenters. The first kappa shape index (κ1) is 22.2. The van der Waals surface area contributed by atoms with E-state index in [1.807, 2.05) is 26.0 Å². The summed E-state index contributed by atoms with van der Waals surface area (Å²) in [4.78, 5) is 25.7. The summed E-state index contributed by atoms with van der Waals surface area (Å²) in [5.41, 5.74) is 1.06. The number of rotatable bonds is 7. The lowest BCUT2D eigenvalue weighted by atomic mass is 10.2. The predicted octanol–water partition coefficient (Wildman–Crippen LogP) is 4.09. The molecule has 0 aliphatic rings. The van der Waals surface area contributed by atoms with Gasteiger partial charge in [-0.25, -0.2) is 0 Å². The highest BCUT2D eigenvalue weighted by Crippen LogP contribution is 2.26. The highest BCUT2D eigenvalue weighted by molar-refractivity contribution is 7.99. The standard InChI is InChI=1S/C22H22ClN5O3S/c1-13(2)11-27-20(30)15-9-8-14(23)10-17(15)28-21(27)25-26-22(28)32-12-19(29)24-16-6-4-5-7-18(16)31-3/h4-10,13H,11-12H2,1-3H3,(H,24,29). The van der Waals surface area contributed by atoms with Gasteiger partial charge >= 0.3 is 0 Å². The Labute approximate surface area is 193 Å². The van der Waals surface area contributed by atoms with E-state index in [9.17, 15) is 9.59 Å². The zero-order valence-corrected chi connectivity index (χ0v) is 19.4. The van der Waals surface area contributed by atoms with Crippen molar-refractivity contribution in [2.24, 2.45) is 5.92 Å². The van der Waals surface area contributed by atoms with Crippen molar-refractivity contribution in [1.29, 1.82) is 0 Å². The lowest BCUT2D eigenvalue weighted by Gasteiger charge is -2.13. The van der Waals surface area contributed by atoms with Crippen molar-refractivity contribution in [3.63, 3.8) is 0 Å². The van der Waals surface area contributed by atoms with E-state index in [1.165, 1.54) is 11.8 Å². The maximum Gasteiger partial charge on any atom is 0.262 e. The van der Waals surface area contributed by atoms with E-state index in [-0.39, 0.29) is 23.1 Å². The number of hydrogen-bond donors (Lipinski definition) is 1. The molecule has 32 heavy (non-hydrogen) atoms. The summed E-state index contributed by atoms with van der Waals surface area (Å²) in [6, 6.07) is 12.3. The molecule has 0 aliphatic carbocycles. The van der Waals surface area contributed by atoms with Crippen molar-refractivity contribution < 1.29 is 9.53 Å². The highest BCUT2D eigenvalue weighted by Gasteiger charge is 2.19. The van der Waals surface area contributed by atoms with Crippen molar-refractivity contribution in [1.82, 2.24) is 19.2 Å². The third kappa shape index (κ3) is 4.31. The summed E-state index contributed by atoms with van der Waals surface area (Å²) in [6.45, 7) is 4.56. The number of carbonyl (C=O) groups is 1. The fourth-order valence-electron chi connectivity index (χ4n) is 3.44. The Hall–Kier alpha value is -3.04. The van der Waals surface area contributed by atoms with Crippen molar-refractivity contribution in [3.05, 3.63) is 57.8 Å². The molecule has 0 saturated carbocycles. The van der Waals surface area contributed by atoms with E-state index in [0.29, 0.717) is 44.8 Å². The monoisotopic (exact) mass is 471 g/mol. The number of benzene rings is 2. The normalized spacial score (nSPS) is 11.4. The van der Waals surface area contributed by atoms with Crippen molar-refractivity contribution in [2.45, 2.75) is 25.5 Å². The van der Waals surface area contributed by atoms with Gasteiger partial charge in [0.05, 0.1) is 29.5 Å². The zero-order chi connectivity index (χ0) is 22.8. The first-order valence-corrected chi connectivity index (χ1v) is 11.4. The Morgan fingerprint density at radius 1 is 1.22 bits per heavy atom. The molecule has 8 nitrogen and oxygen atoms in total. The van der Waals surface area contributed by atoms with E-state index in [4.69, 9.17) is 16.3 Å². The third-order valence-electron chi connectivity index (χ3n) is 4.80. The van der Waals surface area contributed by atoms with Gasteiger partial charge in [0.25, 0.3) is 5.56 Å². The number of carbonyl (C=O) groups excluding carboxylic acids is 1. The summed E-state index contributed by atoms with van der Waals surface area (Å²) in [7, 11) is 1.55. The maximum atomic E-state index is 13.1.